The smallest absolute Gasteiger partial charge is 0.263 e. The number of nitrogens with one attached hydrogen (secondary N) is 1. The van der Waals surface area contributed by atoms with Crippen molar-refractivity contribution in [2.24, 2.45) is 5.92 Å². The molecule has 0 fully saturated rings. The molecule has 0 amide bonds. The van der Waals surface area contributed by atoms with Crippen LogP contribution in [0.2, 0.25) is 5.02 Å². The van der Waals surface area contributed by atoms with Crippen molar-refractivity contribution in [3.8, 4) is 22.6 Å². The molecule has 0 radical (unpaired) electrons. The van der Waals surface area contributed by atoms with Crippen LogP contribution < -0.4 is 5.56 Å². The van der Waals surface area contributed by atoms with Crippen LogP contribution in [0.4, 0.5) is 8.78 Å². The minimum Gasteiger partial charge on any atom is -0.658 e. The van der Waals surface area contributed by atoms with Gasteiger partial charge in [0.25, 0.3) is 12.0 Å². The normalized spacial score (nSPS) is 11.4. The van der Waals surface area contributed by atoms with Crippen LogP contribution in [0.5, 0.6) is 0 Å². The third-order valence-electron chi connectivity index (χ3n) is 4.27. The number of aromatic nitrogens is 2. The Morgan fingerprint density at radius 2 is 1.83 bits per heavy atom. The minimum absolute atomic E-state index is 0.0836. The van der Waals surface area contributed by atoms with E-state index >= 15 is 0 Å². The van der Waals surface area contributed by atoms with E-state index < -0.39 is 6.43 Å². The molecule has 0 bridgehead atoms. The van der Waals surface area contributed by atoms with E-state index in [1.54, 1.807) is 6.07 Å². The lowest BCUT2D eigenvalue weighted by Gasteiger charge is -2.22. The summed E-state index contributed by atoms with van der Waals surface area (Å²) in [4.78, 5) is 19.4. The predicted molar refractivity (Wildman–Crippen MR) is 112 cm³/mol. The van der Waals surface area contributed by atoms with Gasteiger partial charge < -0.3 is 10.3 Å². The van der Waals surface area contributed by atoms with Crippen LogP contribution in [0.15, 0.2) is 53.3 Å². The SMILES string of the molecule is CC(C)C[N-]Cc1ccc(Cl)c(-c2nc(-c3ccc(C(F)F)cc3)cc(=O)[nH]2)c1. The summed E-state index contributed by atoms with van der Waals surface area (Å²) in [5, 5.41) is 4.96. The highest BCUT2D eigenvalue weighted by Gasteiger charge is 2.11. The number of nitrogens with zero attached hydrogens (tertiary/aromatic N) is 2. The number of benzene rings is 2. The molecule has 0 aliphatic carbocycles. The average molecular weight is 417 g/mol. The van der Waals surface area contributed by atoms with E-state index in [1.807, 2.05) is 12.1 Å². The van der Waals surface area contributed by atoms with Gasteiger partial charge in [0.2, 0.25) is 0 Å². The molecule has 0 atom stereocenters. The predicted octanol–water partition coefficient (Wildman–Crippen LogP) is 6.22. The molecule has 1 aromatic heterocycles. The lowest BCUT2D eigenvalue weighted by molar-refractivity contribution is 0.151. The molecule has 3 rings (SSSR count). The number of hydrogen-bond acceptors (Lipinski definition) is 2. The highest BCUT2D eigenvalue weighted by Crippen LogP contribution is 2.29. The van der Waals surface area contributed by atoms with Gasteiger partial charge in [-0.2, -0.15) is 0 Å². The maximum absolute atomic E-state index is 12.8. The van der Waals surface area contributed by atoms with Crippen LogP contribution >= 0.6 is 11.6 Å². The molecule has 0 unspecified atom stereocenters. The first-order chi connectivity index (χ1) is 13.8. The lowest BCUT2D eigenvalue weighted by atomic mass is 10.1. The zero-order chi connectivity index (χ0) is 21.0. The molecule has 4 nitrogen and oxygen atoms in total. The highest BCUT2D eigenvalue weighted by atomic mass is 35.5. The van der Waals surface area contributed by atoms with Gasteiger partial charge in [-0.05, 0) is 12.1 Å². The quantitative estimate of drug-likeness (QED) is 0.496. The van der Waals surface area contributed by atoms with Gasteiger partial charge in [0.05, 0.1) is 10.7 Å². The van der Waals surface area contributed by atoms with Crippen LogP contribution in [-0.4, -0.2) is 16.5 Å². The number of halogens is 3. The Balaban J connectivity index is 1.94. The summed E-state index contributed by atoms with van der Waals surface area (Å²) in [5.41, 5.74) is 2.07. The molecule has 29 heavy (non-hydrogen) atoms. The van der Waals surface area contributed by atoms with Crippen LogP contribution in [0, 0.1) is 5.92 Å². The number of alkyl halides is 2. The zero-order valence-electron chi connectivity index (χ0n) is 16.1. The Labute approximate surface area is 173 Å². The molecule has 0 spiro atoms. The Morgan fingerprint density at radius 3 is 2.48 bits per heavy atom. The summed E-state index contributed by atoms with van der Waals surface area (Å²) >= 11 is 6.35. The standard InChI is InChI=1S/C22H21ClF2N3O/c1-13(2)11-26-12-14-3-8-18(23)17(9-14)22-27-19(10-20(29)28-22)15-4-6-16(7-5-15)21(24)25/h3-10,13,21H,11-12H2,1-2H3,(H,27,28,29)/q-1. The number of aromatic amines is 1. The first kappa shape index (κ1) is 21.1. The molecule has 2 aromatic carbocycles. The number of rotatable bonds is 7. The van der Waals surface area contributed by atoms with Crippen molar-refractivity contribution in [3.63, 3.8) is 0 Å². The van der Waals surface area contributed by atoms with Gasteiger partial charge in [0, 0.05) is 22.8 Å². The molecule has 1 N–H and O–H groups in total. The van der Waals surface area contributed by atoms with Gasteiger partial charge in [-0.15, -0.1) is 13.1 Å². The van der Waals surface area contributed by atoms with E-state index in [-0.39, 0.29) is 11.1 Å². The van der Waals surface area contributed by atoms with E-state index in [1.165, 1.54) is 30.3 Å². The van der Waals surface area contributed by atoms with Crippen molar-refractivity contribution in [1.29, 1.82) is 0 Å². The molecule has 0 aliphatic heterocycles. The van der Waals surface area contributed by atoms with E-state index in [9.17, 15) is 13.6 Å². The van der Waals surface area contributed by atoms with Gasteiger partial charge in [-0.3, -0.25) is 4.79 Å². The second-order valence-electron chi connectivity index (χ2n) is 7.17. The number of H-pyrrole nitrogens is 1. The van der Waals surface area contributed by atoms with Crippen LogP contribution in [-0.2, 0) is 6.54 Å². The zero-order valence-corrected chi connectivity index (χ0v) is 16.9. The topological polar surface area (TPSA) is 59.9 Å². The molecule has 0 aliphatic rings. The Morgan fingerprint density at radius 1 is 1.10 bits per heavy atom. The second kappa shape index (κ2) is 9.29. The van der Waals surface area contributed by atoms with Gasteiger partial charge in [0.1, 0.15) is 5.82 Å². The third kappa shape index (κ3) is 5.49. The summed E-state index contributed by atoms with van der Waals surface area (Å²) < 4.78 is 25.5. The summed E-state index contributed by atoms with van der Waals surface area (Å²) in [5.74, 6) is 0.800. The Kier molecular flexibility index (Phi) is 6.77. The number of hydrogen-bond donors (Lipinski definition) is 1. The van der Waals surface area contributed by atoms with Crippen LogP contribution in [0.25, 0.3) is 28.0 Å². The maximum Gasteiger partial charge on any atom is 0.263 e. The fraction of sp³-hybridized carbons (Fsp3) is 0.273. The van der Waals surface area contributed by atoms with Gasteiger partial charge in [-0.25, -0.2) is 13.8 Å². The fourth-order valence-corrected chi connectivity index (χ4v) is 3.04. The van der Waals surface area contributed by atoms with Crippen molar-refractivity contribution in [3.05, 3.63) is 80.4 Å². The van der Waals surface area contributed by atoms with Crippen molar-refractivity contribution in [2.45, 2.75) is 26.8 Å². The summed E-state index contributed by atoms with van der Waals surface area (Å²) in [7, 11) is 0. The first-order valence-corrected chi connectivity index (χ1v) is 9.63. The van der Waals surface area contributed by atoms with Gasteiger partial charge in [0.15, 0.2) is 0 Å². The van der Waals surface area contributed by atoms with Gasteiger partial charge in [-0.1, -0.05) is 67.3 Å². The molecule has 152 valence electrons. The minimum atomic E-state index is -2.55. The Bertz CT molecular complexity index is 1030. The largest absolute Gasteiger partial charge is 0.658 e. The van der Waals surface area contributed by atoms with E-state index in [4.69, 9.17) is 11.6 Å². The monoisotopic (exact) mass is 416 g/mol. The molecule has 0 saturated carbocycles. The van der Waals surface area contributed by atoms with Crippen LogP contribution in [0.3, 0.4) is 0 Å². The Hall–Kier alpha value is -2.57. The summed E-state index contributed by atoms with van der Waals surface area (Å²) in [6.07, 6.45) is -2.55. The van der Waals surface area contributed by atoms with Crippen molar-refractivity contribution in [1.82, 2.24) is 9.97 Å². The molecule has 0 saturated heterocycles. The fourth-order valence-electron chi connectivity index (χ4n) is 2.84. The van der Waals surface area contributed by atoms with Crippen molar-refractivity contribution < 1.29 is 8.78 Å². The van der Waals surface area contributed by atoms with Crippen molar-refractivity contribution >= 4 is 11.6 Å². The average Bonchev–Trinajstić information content (AvgIpc) is 2.68. The molecular weight excluding hydrogens is 396 g/mol. The molecular formula is C22H21ClF2N3O-. The van der Waals surface area contributed by atoms with E-state index in [0.29, 0.717) is 40.1 Å². The molecule has 1 heterocycles. The maximum atomic E-state index is 12.8. The van der Waals surface area contributed by atoms with E-state index in [0.717, 1.165) is 12.1 Å². The van der Waals surface area contributed by atoms with Crippen molar-refractivity contribution in [2.75, 3.05) is 6.54 Å². The molecule has 7 heteroatoms. The van der Waals surface area contributed by atoms with Crippen LogP contribution in [0.1, 0.15) is 31.4 Å². The summed E-state index contributed by atoms with van der Waals surface area (Å²) in [6, 6.07) is 12.5. The highest BCUT2D eigenvalue weighted by molar-refractivity contribution is 6.33. The van der Waals surface area contributed by atoms with Gasteiger partial charge >= 0.3 is 0 Å². The summed E-state index contributed by atoms with van der Waals surface area (Å²) in [6.45, 7) is 5.51. The van der Waals surface area contributed by atoms with E-state index in [2.05, 4.69) is 29.1 Å². The molecule has 3 aromatic rings. The second-order valence-corrected chi connectivity index (χ2v) is 7.58. The lowest BCUT2D eigenvalue weighted by Crippen LogP contribution is -2.09. The third-order valence-corrected chi connectivity index (χ3v) is 4.60. The first-order valence-electron chi connectivity index (χ1n) is 9.25.